The fourth-order valence-electron chi connectivity index (χ4n) is 2.88. The second-order valence-electron chi connectivity index (χ2n) is 4.66. The van der Waals surface area contributed by atoms with E-state index in [4.69, 9.17) is 0 Å². The van der Waals surface area contributed by atoms with Crippen LogP contribution in [-0.4, -0.2) is 4.57 Å². The molecule has 0 unspecified atom stereocenters. The molecular formula is C17H17N. The molecule has 0 aliphatic heterocycles. The summed E-state index contributed by atoms with van der Waals surface area (Å²) in [6.45, 7) is 9.32. The lowest BCUT2D eigenvalue weighted by Crippen LogP contribution is -1.94. The molecule has 1 heteroatoms. The van der Waals surface area contributed by atoms with E-state index in [9.17, 15) is 0 Å². The first-order valence-electron chi connectivity index (χ1n) is 6.41. The normalized spacial score (nSPS) is 11.2. The number of para-hydroxylation sites is 1. The Labute approximate surface area is 107 Å². The summed E-state index contributed by atoms with van der Waals surface area (Å²) in [5.74, 6) is 0. The predicted molar refractivity (Wildman–Crippen MR) is 79.9 cm³/mol. The van der Waals surface area contributed by atoms with Crippen LogP contribution in [0.25, 0.3) is 27.9 Å². The van der Waals surface area contributed by atoms with Gasteiger partial charge in [0.1, 0.15) is 0 Å². The standard InChI is InChI=1S/C17H17N/c1-4-13-11-10-12(3)17-16(13)14-8-6-7-9-15(14)18(17)5-2/h4,6-11H,1,5H2,2-3H3. The molecule has 18 heavy (non-hydrogen) atoms. The number of hydrogen-bond donors (Lipinski definition) is 0. The Balaban J connectivity index is 2.67. The second-order valence-corrected chi connectivity index (χ2v) is 4.66. The second kappa shape index (κ2) is 4.02. The first-order chi connectivity index (χ1) is 8.77. The molecule has 3 aromatic rings. The summed E-state index contributed by atoms with van der Waals surface area (Å²) in [5, 5.41) is 2.66. The highest BCUT2D eigenvalue weighted by Gasteiger charge is 2.13. The monoisotopic (exact) mass is 235 g/mol. The van der Waals surface area contributed by atoms with E-state index in [1.54, 1.807) is 0 Å². The molecule has 0 amide bonds. The van der Waals surface area contributed by atoms with Gasteiger partial charge in [-0.1, -0.05) is 43.0 Å². The average Bonchev–Trinajstić information content (AvgIpc) is 2.75. The maximum atomic E-state index is 3.94. The lowest BCUT2D eigenvalue weighted by atomic mass is 10.0. The van der Waals surface area contributed by atoms with Crippen molar-refractivity contribution in [2.45, 2.75) is 20.4 Å². The maximum Gasteiger partial charge on any atom is 0.0527 e. The molecule has 0 saturated heterocycles. The third kappa shape index (κ3) is 1.34. The Bertz CT molecular complexity index is 747. The van der Waals surface area contributed by atoms with E-state index in [0.717, 1.165) is 6.54 Å². The first kappa shape index (κ1) is 11.1. The van der Waals surface area contributed by atoms with Gasteiger partial charge in [0.25, 0.3) is 0 Å². The van der Waals surface area contributed by atoms with Gasteiger partial charge in [0.05, 0.1) is 5.52 Å². The Morgan fingerprint density at radius 2 is 1.94 bits per heavy atom. The fraction of sp³-hybridized carbons (Fsp3) is 0.176. The minimum atomic E-state index is 0.992. The van der Waals surface area contributed by atoms with E-state index in [-0.39, 0.29) is 0 Å². The molecule has 0 N–H and O–H groups in total. The van der Waals surface area contributed by atoms with E-state index in [2.05, 4.69) is 61.4 Å². The quantitative estimate of drug-likeness (QED) is 0.603. The van der Waals surface area contributed by atoms with E-state index in [1.807, 2.05) is 6.08 Å². The molecule has 1 nitrogen and oxygen atoms in total. The van der Waals surface area contributed by atoms with Crippen LogP contribution in [0.3, 0.4) is 0 Å². The highest BCUT2D eigenvalue weighted by molar-refractivity contribution is 6.12. The highest BCUT2D eigenvalue weighted by atomic mass is 15.0. The Morgan fingerprint density at radius 1 is 1.17 bits per heavy atom. The molecule has 2 aromatic carbocycles. The summed E-state index contributed by atoms with van der Waals surface area (Å²) in [4.78, 5) is 0. The van der Waals surface area contributed by atoms with Crippen LogP contribution in [0.5, 0.6) is 0 Å². The largest absolute Gasteiger partial charge is 0.341 e. The van der Waals surface area contributed by atoms with Gasteiger partial charge in [-0.2, -0.15) is 0 Å². The van der Waals surface area contributed by atoms with Crippen LogP contribution in [-0.2, 0) is 6.54 Å². The molecule has 0 spiro atoms. The third-order valence-corrected chi connectivity index (χ3v) is 3.68. The zero-order valence-electron chi connectivity index (χ0n) is 10.9. The lowest BCUT2D eigenvalue weighted by Gasteiger charge is -2.06. The fourth-order valence-corrected chi connectivity index (χ4v) is 2.88. The van der Waals surface area contributed by atoms with Gasteiger partial charge >= 0.3 is 0 Å². The van der Waals surface area contributed by atoms with Crippen molar-refractivity contribution in [2.24, 2.45) is 0 Å². The van der Waals surface area contributed by atoms with Crippen LogP contribution in [0.4, 0.5) is 0 Å². The van der Waals surface area contributed by atoms with Gasteiger partial charge in [0.15, 0.2) is 0 Å². The van der Waals surface area contributed by atoms with Gasteiger partial charge in [-0.3, -0.25) is 0 Å². The molecule has 0 bridgehead atoms. The maximum absolute atomic E-state index is 3.94. The first-order valence-corrected chi connectivity index (χ1v) is 6.41. The predicted octanol–water partition coefficient (Wildman–Crippen LogP) is 4.77. The Morgan fingerprint density at radius 3 is 2.67 bits per heavy atom. The van der Waals surface area contributed by atoms with Crippen molar-refractivity contribution in [2.75, 3.05) is 0 Å². The number of fused-ring (bicyclic) bond motifs is 3. The number of nitrogens with zero attached hydrogens (tertiary/aromatic N) is 1. The molecular weight excluding hydrogens is 218 g/mol. The molecule has 0 atom stereocenters. The summed E-state index contributed by atoms with van der Waals surface area (Å²) in [7, 11) is 0. The molecule has 1 heterocycles. The van der Waals surface area contributed by atoms with Gasteiger partial charge in [-0.15, -0.1) is 0 Å². The van der Waals surface area contributed by atoms with Crippen molar-refractivity contribution in [3.8, 4) is 0 Å². The zero-order valence-corrected chi connectivity index (χ0v) is 10.9. The lowest BCUT2D eigenvalue weighted by molar-refractivity contribution is 0.825. The van der Waals surface area contributed by atoms with Crippen LogP contribution in [0.1, 0.15) is 18.1 Å². The van der Waals surface area contributed by atoms with Crippen molar-refractivity contribution in [3.05, 3.63) is 54.1 Å². The topological polar surface area (TPSA) is 4.93 Å². The molecule has 90 valence electrons. The van der Waals surface area contributed by atoms with Gasteiger partial charge in [-0.05, 0) is 31.0 Å². The minimum absolute atomic E-state index is 0.992. The summed E-state index contributed by atoms with van der Waals surface area (Å²) in [5.41, 5.74) is 5.20. The molecule has 3 rings (SSSR count). The molecule has 0 aliphatic rings. The molecule has 1 aromatic heterocycles. The SMILES string of the molecule is C=Cc1ccc(C)c2c1c1ccccc1n2CC. The van der Waals surface area contributed by atoms with Gasteiger partial charge in [0, 0.05) is 22.8 Å². The smallest absolute Gasteiger partial charge is 0.0527 e. The van der Waals surface area contributed by atoms with Crippen LogP contribution in [0.2, 0.25) is 0 Å². The number of benzene rings is 2. The summed E-state index contributed by atoms with van der Waals surface area (Å²) in [6, 6.07) is 13.0. The zero-order chi connectivity index (χ0) is 12.7. The van der Waals surface area contributed by atoms with E-state index in [0.29, 0.717) is 0 Å². The van der Waals surface area contributed by atoms with Gasteiger partial charge < -0.3 is 4.57 Å². The number of aryl methyl sites for hydroxylation is 2. The van der Waals surface area contributed by atoms with Crippen LogP contribution in [0, 0.1) is 6.92 Å². The van der Waals surface area contributed by atoms with Crippen LogP contribution < -0.4 is 0 Å². The van der Waals surface area contributed by atoms with Crippen molar-refractivity contribution in [1.82, 2.24) is 4.57 Å². The summed E-state index contributed by atoms with van der Waals surface area (Å²) < 4.78 is 2.40. The van der Waals surface area contributed by atoms with Crippen molar-refractivity contribution in [1.29, 1.82) is 0 Å². The number of rotatable bonds is 2. The third-order valence-electron chi connectivity index (χ3n) is 3.68. The Kier molecular flexibility index (Phi) is 2.48. The minimum Gasteiger partial charge on any atom is -0.341 e. The number of aromatic nitrogens is 1. The average molecular weight is 235 g/mol. The van der Waals surface area contributed by atoms with E-state index < -0.39 is 0 Å². The highest BCUT2D eigenvalue weighted by Crippen LogP contribution is 2.33. The number of hydrogen-bond acceptors (Lipinski definition) is 0. The van der Waals surface area contributed by atoms with E-state index >= 15 is 0 Å². The summed E-state index contributed by atoms with van der Waals surface area (Å²) in [6.07, 6.45) is 1.95. The van der Waals surface area contributed by atoms with Crippen LogP contribution in [0.15, 0.2) is 43.0 Å². The van der Waals surface area contributed by atoms with Crippen molar-refractivity contribution in [3.63, 3.8) is 0 Å². The molecule has 0 fully saturated rings. The molecule has 0 aliphatic carbocycles. The van der Waals surface area contributed by atoms with Gasteiger partial charge in [-0.25, -0.2) is 0 Å². The summed E-state index contributed by atoms with van der Waals surface area (Å²) >= 11 is 0. The van der Waals surface area contributed by atoms with Crippen LogP contribution >= 0.6 is 0 Å². The van der Waals surface area contributed by atoms with Crippen molar-refractivity contribution < 1.29 is 0 Å². The molecule has 0 saturated carbocycles. The van der Waals surface area contributed by atoms with Gasteiger partial charge in [0.2, 0.25) is 0 Å². The van der Waals surface area contributed by atoms with E-state index in [1.165, 1.54) is 32.9 Å². The molecule has 0 radical (unpaired) electrons. The Hall–Kier alpha value is -2.02. The van der Waals surface area contributed by atoms with Crippen molar-refractivity contribution >= 4 is 27.9 Å².